The number of carboxylic acids is 1. The molecule has 0 aliphatic carbocycles. The van der Waals surface area contributed by atoms with Crippen molar-refractivity contribution in [2.24, 2.45) is 0 Å². The third kappa shape index (κ3) is 2.67. The molecule has 0 aliphatic rings. The number of hydrogen-bond donors (Lipinski definition) is 1. The molecule has 0 aliphatic heterocycles. The second-order valence-corrected chi connectivity index (χ2v) is 6.24. The number of aliphatic carboxylic acids is 1. The van der Waals surface area contributed by atoms with Crippen molar-refractivity contribution < 1.29 is 19.0 Å². The van der Waals surface area contributed by atoms with Gasteiger partial charge in [0.25, 0.3) is 0 Å². The monoisotopic (exact) mass is 464 g/mol. The average Bonchev–Trinajstić information content (AvgIpc) is 2.25. The molecule has 3 nitrogen and oxygen atoms in total. The van der Waals surface area contributed by atoms with Crippen molar-refractivity contribution in [3.05, 3.63) is 24.6 Å². The summed E-state index contributed by atoms with van der Waals surface area (Å²) in [4.78, 5) is 11.2. The first-order valence-corrected chi connectivity index (χ1v) is 6.84. The van der Waals surface area contributed by atoms with Gasteiger partial charge in [-0.2, -0.15) is 0 Å². The SMILES string of the molecule is COc1c(C(C)(C)C(=O)O)cc(I)c(F)c1I. The fourth-order valence-electron chi connectivity index (χ4n) is 1.36. The van der Waals surface area contributed by atoms with E-state index >= 15 is 0 Å². The van der Waals surface area contributed by atoms with Crippen molar-refractivity contribution >= 4 is 51.2 Å². The molecule has 0 aromatic heterocycles. The van der Waals surface area contributed by atoms with E-state index in [1.165, 1.54) is 13.2 Å². The number of hydrogen-bond acceptors (Lipinski definition) is 2. The minimum absolute atomic E-state index is 0.288. The molecule has 1 rings (SSSR count). The lowest BCUT2D eigenvalue weighted by atomic mass is 9.84. The zero-order valence-electron chi connectivity index (χ0n) is 9.47. The van der Waals surface area contributed by atoms with Gasteiger partial charge in [-0.3, -0.25) is 4.79 Å². The van der Waals surface area contributed by atoms with Gasteiger partial charge < -0.3 is 9.84 Å². The van der Waals surface area contributed by atoms with Crippen LogP contribution in [0.3, 0.4) is 0 Å². The Hall–Kier alpha value is -0.120. The van der Waals surface area contributed by atoms with Crippen LogP contribution < -0.4 is 4.74 Å². The summed E-state index contributed by atoms with van der Waals surface area (Å²) in [5, 5.41) is 9.21. The van der Waals surface area contributed by atoms with Crippen LogP contribution in [-0.4, -0.2) is 18.2 Å². The second-order valence-electron chi connectivity index (χ2n) is 4.00. The highest BCUT2D eigenvalue weighted by Crippen LogP contribution is 2.38. The molecule has 0 heterocycles. The molecule has 1 aromatic carbocycles. The first kappa shape index (κ1) is 14.9. The Morgan fingerprint density at radius 3 is 2.41 bits per heavy atom. The molecule has 0 saturated heterocycles. The number of carboxylic acid groups (broad SMARTS) is 1. The highest BCUT2D eigenvalue weighted by molar-refractivity contribution is 14.1. The lowest BCUT2D eigenvalue weighted by molar-refractivity contribution is -0.142. The molecule has 0 radical (unpaired) electrons. The summed E-state index contributed by atoms with van der Waals surface area (Å²) in [5.74, 6) is -1.07. The molecule has 0 fully saturated rings. The van der Waals surface area contributed by atoms with Gasteiger partial charge in [-0.15, -0.1) is 0 Å². The number of ether oxygens (including phenoxy) is 1. The first-order valence-electron chi connectivity index (χ1n) is 4.68. The Kier molecular flexibility index (Phi) is 4.61. The molecule has 0 saturated carbocycles. The lowest BCUT2D eigenvalue weighted by Crippen LogP contribution is -2.29. The fraction of sp³-hybridized carbons (Fsp3) is 0.364. The smallest absolute Gasteiger partial charge is 0.313 e. The summed E-state index contributed by atoms with van der Waals surface area (Å²) in [5.41, 5.74) is -0.651. The Balaban J connectivity index is 3.59. The van der Waals surface area contributed by atoms with Gasteiger partial charge in [0.2, 0.25) is 0 Å². The maximum absolute atomic E-state index is 13.7. The van der Waals surface area contributed by atoms with Crippen molar-refractivity contribution in [2.45, 2.75) is 19.3 Å². The topological polar surface area (TPSA) is 46.5 Å². The number of carbonyl (C=O) groups is 1. The Morgan fingerprint density at radius 1 is 1.47 bits per heavy atom. The summed E-state index contributed by atoms with van der Waals surface area (Å²) in [7, 11) is 1.41. The van der Waals surface area contributed by atoms with E-state index in [9.17, 15) is 14.3 Å². The molecule has 0 bridgehead atoms. The molecular weight excluding hydrogens is 453 g/mol. The molecule has 0 atom stereocenters. The van der Waals surface area contributed by atoms with E-state index in [2.05, 4.69) is 0 Å². The highest BCUT2D eigenvalue weighted by atomic mass is 127. The average molecular weight is 464 g/mol. The minimum atomic E-state index is -1.13. The third-order valence-corrected chi connectivity index (χ3v) is 4.28. The van der Waals surface area contributed by atoms with E-state index in [0.29, 0.717) is 12.7 Å². The van der Waals surface area contributed by atoms with Crippen molar-refractivity contribution in [1.29, 1.82) is 0 Å². The van der Waals surface area contributed by atoms with Gasteiger partial charge in [-0.1, -0.05) is 0 Å². The summed E-state index contributed by atoms with van der Waals surface area (Å²) >= 11 is 3.67. The molecule has 1 aromatic rings. The van der Waals surface area contributed by atoms with E-state index < -0.39 is 11.4 Å². The Bertz CT molecular complexity index is 472. The van der Waals surface area contributed by atoms with E-state index in [4.69, 9.17) is 4.74 Å². The summed E-state index contributed by atoms with van der Waals surface area (Å²) < 4.78 is 19.5. The summed E-state index contributed by atoms with van der Waals surface area (Å²) in [6.07, 6.45) is 0. The Morgan fingerprint density at radius 2 is 2.00 bits per heavy atom. The van der Waals surface area contributed by atoms with Crippen molar-refractivity contribution in [2.75, 3.05) is 7.11 Å². The minimum Gasteiger partial charge on any atom is -0.495 e. The van der Waals surface area contributed by atoms with Crippen LogP contribution in [0.2, 0.25) is 0 Å². The van der Waals surface area contributed by atoms with Crippen LogP contribution in [0.4, 0.5) is 4.39 Å². The van der Waals surface area contributed by atoms with Gasteiger partial charge in [0.1, 0.15) is 5.75 Å². The molecular formula is C11H11FI2O3. The maximum Gasteiger partial charge on any atom is 0.313 e. The van der Waals surface area contributed by atoms with Crippen LogP contribution in [0.25, 0.3) is 0 Å². The van der Waals surface area contributed by atoms with Crippen molar-refractivity contribution in [1.82, 2.24) is 0 Å². The van der Waals surface area contributed by atoms with Gasteiger partial charge in [0.15, 0.2) is 5.82 Å². The molecule has 1 N–H and O–H groups in total. The normalized spacial score (nSPS) is 11.4. The number of benzene rings is 1. The molecule has 0 spiro atoms. The van der Waals surface area contributed by atoms with E-state index in [-0.39, 0.29) is 11.6 Å². The van der Waals surface area contributed by atoms with Crippen LogP contribution in [-0.2, 0) is 10.2 Å². The van der Waals surface area contributed by atoms with Crippen LogP contribution >= 0.6 is 45.2 Å². The first-order chi connectivity index (χ1) is 7.73. The van der Waals surface area contributed by atoms with Gasteiger partial charge in [0.05, 0.1) is 19.7 Å². The second kappa shape index (κ2) is 5.25. The summed E-state index contributed by atoms with van der Waals surface area (Å²) in [6.45, 7) is 3.13. The molecule has 94 valence electrons. The zero-order chi connectivity index (χ0) is 13.4. The van der Waals surface area contributed by atoms with E-state index in [0.717, 1.165) is 0 Å². The number of rotatable bonds is 3. The molecule has 17 heavy (non-hydrogen) atoms. The largest absolute Gasteiger partial charge is 0.495 e. The van der Waals surface area contributed by atoms with Crippen molar-refractivity contribution in [3.8, 4) is 5.75 Å². The van der Waals surface area contributed by atoms with Crippen LogP contribution in [0.1, 0.15) is 19.4 Å². The predicted molar refractivity (Wildman–Crippen MR) is 79.0 cm³/mol. The van der Waals surface area contributed by atoms with Gasteiger partial charge in [-0.25, -0.2) is 4.39 Å². The quantitative estimate of drug-likeness (QED) is 0.552. The fourth-order valence-corrected chi connectivity index (χ4v) is 3.26. The van der Waals surface area contributed by atoms with Crippen molar-refractivity contribution in [3.63, 3.8) is 0 Å². The predicted octanol–water partition coefficient (Wildman–Crippen LogP) is 3.41. The van der Waals surface area contributed by atoms with Crippen LogP contribution in [0.15, 0.2) is 6.07 Å². The van der Waals surface area contributed by atoms with Crippen LogP contribution in [0.5, 0.6) is 5.75 Å². The van der Waals surface area contributed by atoms with E-state index in [1.807, 2.05) is 45.2 Å². The molecule has 0 unspecified atom stereocenters. The number of methoxy groups -OCH3 is 1. The van der Waals surface area contributed by atoms with Gasteiger partial charge in [-0.05, 0) is 65.1 Å². The van der Waals surface area contributed by atoms with E-state index in [1.54, 1.807) is 13.8 Å². The number of halogens is 3. The lowest BCUT2D eigenvalue weighted by Gasteiger charge is -2.23. The highest BCUT2D eigenvalue weighted by Gasteiger charge is 2.34. The maximum atomic E-state index is 13.7. The molecule has 6 heteroatoms. The summed E-state index contributed by atoms with van der Waals surface area (Å²) in [6, 6.07) is 1.52. The molecule has 0 amide bonds. The van der Waals surface area contributed by atoms with Gasteiger partial charge >= 0.3 is 5.97 Å². The standard InChI is InChI=1S/C11H11FI2O3/c1-11(2,10(15)16)5-4-6(13)7(12)8(14)9(5)17-3/h4H,1-3H3,(H,15,16). The Labute approximate surface area is 126 Å². The van der Waals surface area contributed by atoms with Gasteiger partial charge in [0, 0.05) is 5.56 Å². The van der Waals surface area contributed by atoms with Crippen LogP contribution in [0, 0.1) is 13.0 Å². The zero-order valence-corrected chi connectivity index (χ0v) is 13.8. The third-order valence-electron chi connectivity index (χ3n) is 2.53.